The molecule has 142 valence electrons. The molecule has 6 nitrogen and oxygen atoms in total. The third-order valence-electron chi connectivity index (χ3n) is 4.85. The number of thiophene rings is 1. The van der Waals surface area contributed by atoms with Gasteiger partial charge in [0.25, 0.3) is 5.91 Å². The van der Waals surface area contributed by atoms with Gasteiger partial charge in [-0.05, 0) is 32.2 Å². The Hall–Kier alpha value is -2.03. The van der Waals surface area contributed by atoms with Crippen molar-refractivity contribution < 1.29 is 9.21 Å². The summed E-state index contributed by atoms with van der Waals surface area (Å²) in [5, 5.41) is 5.02. The number of aryl methyl sites for hydroxylation is 3. The second-order valence-electron chi connectivity index (χ2n) is 6.76. The molecule has 1 saturated heterocycles. The standard InChI is InChI=1S/C19H22N4O2S2/c1-12-14(3)25-16(20-12)10-22-5-7-23(8-6-22)19(24)17-13(2)21-18(27-17)15-4-9-26-11-15/h4,9,11H,5-8,10H2,1-3H3. The minimum absolute atomic E-state index is 0.0916. The molecule has 0 aliphatic carbocycles. The number of hydrogen-bond donors (Lipinski definition) is 0. The SMILES string of the molecule is Cc1nc(CN2CCN(C(=O)c3sc(-c4ccsc4)nc3C)CC2)oc1C. The molecule has 0 atom stereocenters. The number of carbonyl (C=O) groups excluding carboxylic acids is 1. The van der Waals surface area contributed by atoms with Crippen molar-refractivity contribution >= 4 is 28.6 Å². The van der Waals surface area contributed by atoms with E-state index in [4.69, 9.17) is 4.42 Å². The summed E-state index contributed by atoms with van der Waals surface area (Å²) in [6.45, 7) is 9.57. The zero-order chi connectivity index (χ0) is 19.0. The summed E-state index contributed by atoms with van der Waals surface area (Å²) < 4.78 is 5.68. The third kappa shape index (κ3) is 3.83. The van der Waals surface area contributed by atoms with Gasteiger partial charge in [0.15, 0.2) is 0 Å². The van der Waals surface area contributed by atoms with Crippen LogP contribution < -0.4 is 0 Å². The Morgan fingerprint density at radius 3 is 2.56 bits per heavy atom. The molecule has 4 heterocycles. The first-order chi connectivity index (χ1) is 13.0. The monoisotopic (exact) mass is 402 g/mol. The third-order valence-corrected chi connectivity index (χ3v) is 6.73. The van der Waals surface area contributed by atoms with E-state index in [1.807, 2.05) is 37.1 Å². The van der Waals surface area contributed by atoms with Crippen LogP contribution in [-0.4, -0.2) is 51.9 Å². The molecular formula is C19H22N4O2S2. The van der Waals surface area contributed by atoms with Crippen LogP contribution >= 0.6 is 22.7 Å². The number of piperazine rings is 1. The smallest absolute Gasteiger partial charge is 0.265 e. The molecule has 3 aromatic rings. The van der Waals surface area contributed by atoms with Crippen LogP contribution in [0.25, 0.3) is 10.6 Å². The molecule has 0 radical (unpaired) electrons. The van der Waals surface area contributed by atoms with Crippen LogP contribution in [-0.2, 0) is 6.54 Å². The number of nitrogens with zero attached hydrogens (tertiary/aromatic N) is 4. The fourth-order valence-corrected chi connectivity index (χ4v) is 4.90. The fourth-order valence-electron chi connectivity index (χ4n) is 3.16. The predicted octanol–water partition coefficient (Wildman–Crippen LogP) is 3.74. The zero-order valence-corrected chi connectivity index (χ0v) is 17.3. The van der Waals surface area contributed by atoms with Gasteiger partial charge >= 0.3 is 0 Å². The summed E-state index contributed by atoms with van der Waals surface area (Å²) in [6, 6.07) is 2.04. The van der Waals surface area contributed by atoms with E-state index in [-0.39, 0.29) is 5.91 Å². The molecular weight excluding hydrogens is 380 g/mol. The van der Waals surface area contributed by atoms with Crippen molar-refractivity contribution in [3.05, 3.63) is 44.7 Å². The molecule has 8 heteroatoms. The van der Waals surface area contributed by atoms with Gasteiger partial charge in [-0.25, -0.2) is 9.97 Å². The fraction of sp³-hybridized carbons (Fsp3) is 0.421. The van der Waals surface area contributed by atoms with Crippen molar-refractivity contribution in [3.63, 3.8) is 0 Å². The number of thiazole rings is 1. The van der Waals surface area contributed by atoms with Crippen molar-refractivity contribution in [2.24, 2.45) is 0 Å². The van der Waals surface area contributed by atoms with Gasteiger partial charge < -0.3 is 9.32 Å². The maximum absolute atomic E-state index is 13.0. The zero-order valence-electron chi connectivity index (χ0n) is 15.7. The highest BCUT2D eigenvalue weighted by molar-refractivity contribution is 7.17. The minimum atomic E-state index is 0.0916. The van der Waals surface area contributed by atoms with Crippen LogP contribution in [0.1, 0.15) is 32.7 Å². The van der Waals surface area contributed by atoms with Gasteiger partial charge in [-0.15, -0.1) is 11.3 Å². The summed E-state index contributed by atoms with van der Waals surface area (Å²) in [7, 11) is 0. The molecule has 1 aliphatic rings. The van der Waals surface area contributed by atoms with Gasteiger partial charge in [0, 0.05) is 37.1 Å². The Labute approximate surface area is 166 Å². The van der Waals surface area contributed by atoms with E-state index in [1.54, 1.807) is 11.3 Å². The first-order valence-electron chi connectivity index (χ1n) is 8.96. The maximum atomic E-state index is 13.0. The molecule has 0 bridgehead atoms. The normalized spacial score (nSPS) is 15.4. The van der Waals surface area contributed by atoms with Crippen molar-refractivity contribution in [3.8, 4) is 10.6 Å². The van der Waals surface area contributed by atoms with Crippen molar-refractivity contribution in [1.82, 2.24) is 19.8 Å². The first kappa shape index (κ1) is 18.3. The van der Waals surface area contributed by atoms with E-state index in [2.05, 4.69) is 20.2 Å². The van der Waals surface area contributed by atoms with Crippen molar-refractivity contribution in [2.75, 3.05) is 26.2 Å². The topological polar surface area (TPSA) is 62.5 Å². The summed E-state index contributed by atoms with van der Waals surface area (Å²) in [4.78, 5) is 27.0. The highest BCUT2D eigenvalue weighted by atomic mass is 32.1. The summed E-state index contributed by atoms with van der Waals surface area (Å²) in [5.74, 6) is 1.72. The van der Waals surface area contributed by atoms with Gasteiger partial charge in [0.2, 0.25) is 5.89 Å². The van der Waals surface area contributed by atoms with Crippen LogP contribution in [0.5, 0.6) is 0 Å². The van der Waals surface area contributed by atoms with E-state index in [1.165, 1.54) is 11.3 Å². The van der Waals surface area contributed by atoms with E-state index in [0.717, 1.165) is 51.6 Å². The predicted molar refractivity (Wildman–Crippen MR) is 107 cm³/mol. The van der Waals surface area contributed by atoms with Crippen molar-refractivity contribution in [2.45, 2.75) is 27.3 Å². The molecule has 0 N–H and O–H groups in total. The average Bonchev–Trinajstić information content (AvgIpc) is 3.37. The lowest BCUT2D eigenvalue weighted by Crippen LogP contribution is -2.48. The van der Waals surface area contributed by atoms with Crippen LogP contribution in [0.3, 0.4) is 0 Å². The Morgan fingerprint density at radius 1 is 1.15 bits per heavy atom. The van der Waals surface area contributed by atoms with Crippen LogP contribution in [0.15, 0.2) is 21.2 Å². The lowest BCUT2D eigenvalue weighted by molar-refractivity contribution is 0.0621. The van der Waals surface area contributed by atoms with Gasteiger partial charge in [0.05, 0.1) is 17.9 Å². The lowest BCUT2D eigenvalue weighted by Gasteiger charge is -2.33. The molecule has 1 aliphatic heterocycles. The van der Waals surface area contributed by atoms with Crippen LogP contribution in [0, 0.1) is 20.8 Å². The highest BCUT2D eigenvalue weighted by Crippen LogP contribution is 2.30. The molecule has 1 amide bonds. The van der Waals surface area contributed by atoms with E-state index >= 15 is 0 Å². The maximum Gasteiger partial charge on any atom is 0.265 e. The summed E-state index contributed by atoms with van der Waals surface area (Å²) in [6.07, 6.45) is 0. The van der Waals surface area contributed by atoms with E-state index in [0.29, 0.717) is 19.6 Å². The Bertz CT molecular complexity index is 918. The van der Waals surface area contributed by atoms with E-state index in [9.17, 15) is 4.79 Å². The number of aromatic nitrogens is 2. The Kier molecular flexibility index (Phi) is 5.12. The number of carbonyl (C=O) groups is 1. The number of hydrogen-bond acceptors (Lipinski definition) is 7. The lowest BCUT2D eigenvalue weighted by atomic mass is 10.2. The number of amides is 1. The van der Waals surface area contributed by atoms with Crippen molar-refractivity contribution in [1.29, 1.82) is 0 Å². The van der Waals surface area contributed by atoms with Gasteiger partial charge in [-0.3, -0.25) is 9.69 Å². The molecule has 0 saturated carbocycles. The number of rotatable bonds is 4. The van der Waals surface area contributed by atoms with Gasteiger partial charge in [-0.1, -0.05) is 0 Å². The number of oxazole rings is 1. The molecule has 4 rings (SSSR count). The highest BCUT2D eigenvalue weighted by Gasteiger charge is 2.26. The largest absolute Gasteiger partial charge is 0.444 e. The van der Waals surface area contributed by atoms with E-state index < -0.39 is 0 Å². The van der Waals surface area contributed by atoms with Gasteiger partial charge in [0.1, 0.15) is 15.6 Å². The quantitative estimate of drug-likeness (QED) is 0.665. The second kappa shape index (κ2) is 7.53. The molecule has 1 fully saturated rings. The van der Waals surface area contributed by atoms with Crippen LogP contribution in [0.4, 0.5) is 0 Å². The Morgan fingerprint density at radius 2 is 1.93 bits per heavy atom. The molecule has 0 unspecified atom stereocenters. The summed E-state index contributed by atoms with van der Waals surface area (Å²) >= 11 is 3.13. The molecule has 0 spiro atoms. The van der Waals surface area contributed by atoms with Crippen LogP contribution in [0.2, 0.25) is 0 Å². The molecule has 0 aromatic carbocycles. The van der Waals surface area contributed by atoms with Gasteiger partial charge in [-0.2, -0.15) is 11.3 Å². The Balaban J connectivity index is 1.39. The minimum Gasteiger partial charge on any atom is -0.444 e. The summed E-state index contributed by atoms with van der Waals surface area (Å²) in [5.41, 5.74) is 2.86. The molecule has 27 heavy (non-hydrogen) atoms. The molecule has 3 aromatic heterocycles. The first-order valence-corrected chi connectivity index (χ1v) is 10.7. The average molecular weight is 403 g/mol. The second-order valence-corrected chi connectivity index (χ2v) is 8.54.